The summed E-state index contributed by atoms with van der Waals surface area (Å²) in [5.41, 5.74) is 0.585. The highest BCUT2D eigenvalue weighted by molar-refractivity contribution is 6.30. The van der Waals surface area contributed by atoms with Crippen molar-refractivity contribution >= 4 is 23.5 Å². The summed E-state index contributed by atoms with van der Waals surface area (Å²) in [6, 6.07) is 16.4. The molecule has 5 heteroatoms. The van der Waals surface area contributed by atoms with Gasteiger partial charge in [0.15, 0.2) is 0 Å². The van der Waals surface area contributed by atoms with E-state index in [0.29, 0.717) is 11.4 Å². The Morgan fingerprint density at radius 1 is 1.04 bits per heavy atom. The normalized spacial score (nSPS) is 19.0. The van der Waals surface area contributed by atoms with Gasteiger partial charge in [-0.1, -0.05) is 73.0 Å². The fraction of sp³-hybridized carbons (Fsp3) is 0.304. The van der Waals surface area contributed by atoms with Crippen LogP contribution in [-0.4, -0.2) is 16.8 Å². The van der Waals surface area contributed by atoms with Gasteiger partial charge in [0.05, 0.1) is 6.54 Å². The summed E-state index contributed by atoms with van der Waals surface area (Å²) >= 11 is 6.19. The summed E-state index contributed by atoms with van der Waals surface area (Å²) in [6.07, 6.45) is 6.20. The van der Waals surface area contributed by atoms with Crippen LogP contribution < -0.4 is 5.32 Å². The van der Waals surface area contributed by atoms with Crippen LogP contribution in [0.25, 0.3) is 0 Å². The molecule has 146 valence electrons. The number of carbonyl (C=O) groups is 2. The van der Waals surface area contributed by atoms with Crippen molar-refractivity contribution in [3.05, 3.63) is 83.4 Å². The molecule has 3 amide bonds. The molecule has 0 aliphatic carbocycles. The van der Waals surface area contributed by atoms with Gasteiger partial charge in [-0.15, -0.1) is 6.58 Å². The molecule has 0 spiro atoms. The average Bonchev–Trinajstić information content (AvgIpc) is 2.94. The van der Waals surface area contributed by atoms with E-state index in [9.17, 15) is 9.59 Å². The first kappa shape index (κ1) is 20.2. The Morgan fingerprint density at radius 2 is 1.82 bits per heavy atom. The van der Waals surface area contributed by atoms with Gasteiger partial charge >= 0.3 is 6.03 Å². The highest BCUT2D eigenvalue weighted by atomic mass is 35.5. The number of nitrogens with one attached hydrogen (secondary N) is 1. The van der Waals surface area contributed by atoms with Gasteiger partial charge in [-0.3, -0.25) is 9.69 Å². The molecule has 1 N–H and O–H groups in total. The number of imide groups is 1. The molecular weight excluding hydrogens is 372 g/mol. The van der Waals surface area contributed by atoms with E-state index >= 15 is 0 Å². The lowest BCUT2D eigenvalue weighted by molar-refractivity contribution is -0.132. The predicted octanol–water partition coefficient (Wildman–Crippen LogP) is 5.42. The third kappa shape index (κ3) is 4.28. The number of hydrogen-bond acceptors (Lipinski definition) is 2. The topological polar surface area (TPSA) is 49.4 Å². The van der Waals surface area contributed by atoms with E-state index in [-0.39, 0.29) is 18.5 Å². The molecule has 2 aromatic rings. The maximum atomic E-state index is 13.5. The van der Waals surface area contributed by atoms with Gasteiger partial charge in [-0.25, -0.2) is 4.79 Å². The lowest BCUT2D eigenvalue weighted by atomic mass is 9.84. The number of urea groups is 1. The molecule has 1 heterocycles. The summed E-state index contributed by atoms with van der Waals surface area (Å²) in [7, 11) is 0. The predicted molar refractivity (Wildman–Crippen MR) is 112 cm³/mol. The molecule has 2 aromatic carbocycles. The third-order valence-corrected chi connectivity index (χ3v) is 5.37. The molecule has 0 aromatic heterocycles. The van der Waals surface area contributed by atoms with Crippen LogP contribution in [0.5, 0.6) is 0 Å². The molecule has 0 radical (unpaired) electrons. The molecular formula is C23H25ClN2O2. The lowest BCUT2D eigenvalue weighted by Crippen LogP contribution is -2.44. The summed E-state index contributed by atoms with van der Waals surface area (Å²) in [5.74, 6) is -0.215. The number of benzene rings is 2. The zero-order valence-electron chi connectivity index (χ0n) is 15.9. The van der Waals surface area contributed by atoms with Crippen LogP contribution >= 0.6 is 11.6 Å². The quantitative estimate of drug-likeness (QED) is 0.349. The third-order valence-electron chi connectivity index (χ3n) is 5.14. The van der Waals surface area contributed by atoms with E-state index in [1.807, 2.05) is 48.5 Å². The SMILES string of the molecule is C=CCCCCCC1(c2cccc(Cl)c2)NC(=O)N(Cc2ccccc2)C1=O. The molecule has 0 bridgehead atoms. The number of carbonyl (C=O) groups excluding carboxylic acids is 2. The minimum absolute atomic E-state index is 0.215. The van der Waals surface area contributed by atoms with Gasteiger partial charge in [0.1, 0.15) is 5.54 Å². The van der Waals surface area contributed by atoms with Crippen LogP contribution in [0.1, 0.15) is 43.2 Å². The van der Waals surface area contributed by atoms with Crippen molar-refractivity contribution in [2.24, 2.45) is 0 Å². The highest BCUT2D eigenvalue weighted by Gasteiger charge is 2.51. The zero-order chi connectivity index (χ0) is 20.0. The Hall–Kier alpha value is -2.59. The monoisotopic (exact) mass is 396 g/mol. The number of unbranched alkanes of at least 4 members (excludes halogenated alkanes) is 3. The van der Waals surface area contributed by atoms with Crippen molar-refractivity contribution in [2.45, 2.75) is 44.2 Å². The van der Waals surface area contributed by atoms with Crippen LogP contribution in [0.3, 0.4) is 0 Å². The van der Waals surface area contributed by atoms with Crippen molar-refractivity contribution in [3.63, 3.8) is 0 Å². The smallest absolute Gasteiger partial charge is 0.319 e. The van der Waals surface area contributed by atoms with Crippen molar-refractivity contribution < 1.29 is 9.59 Å². The Bertz CT molecular complexity index is 853. The summed E-state index contributed by atoms with van der Waals surface area (Å²) in [6.45, 7) is 4.00. The van der Waals surface area contributed by atoms with E-state index < -0.39 is 5.54 Å². The molecule has 1 unspecified atom stereocenters. The van der Waals surface area contributed by atoms with E-state index in [1.54, 1.807) is 12.1 Å². The molecule has 1 fully saturated rings. The fourth-order valence-corrected chi connectivity index (χ4v) is 3.84. The number of hydrogen-bond donors (Lipinski definition) is 1. The van der Waals surface area contributed by atoms with Gasteiger partial charge in [-0.2, -0.15) is 0 Å². The van der Waals surface area contributed by atoms with E-state index in [4.69, 9.17) is 11.6 Å². The number of halogens is 1. The van der Waals surface area contributed by atoms with Crippen molar-refractivity contribution in [1.29, 1.82) is 0 Å². The molecule has 0 saturated carbocycles. The Morgan fingerprint density at radius 3 is 2.54 bits per heavy atom. The van der Waals surface area contributed by atoms with E-state index in [2.05, 4.69) is 11.9 Å². The van der Waals surface area contributed by atoms with Gasteiger partial charge in [-0.05, 0) is 42.5 Å². The van der Waals surface area contributed by atoms with E-state index in [1.165, 1.54) is 4.90 Å². The number of allylic oxidation sites excluding steroid dienone is 1. The van der Waals surface area contributed by atoms with Crippen LogP contribution in [0.15, 0.2) is 67.3 Å². The van der Waals surface area contributed by atoms with Crippen molar-refractivity contribution in [1.82, 2.24) is 10.2 Å². The molecule has 1 atom stereocenters. The van der Waals surface area contributed by atoms with Crippen molar-refractivity contribution in [2.75, 3.05) is 0 Å². The minimum Gasteiger partial charge on any atom is -0.319 e. The molecule has 28 heavy (non-hydrogen) atoms. The second-order valence-electron chi connectivity index (χ2n) is 7.11. The summed E-state index contributed by atoms with van der Waals surface area (Å²) < 4.78 is 0. The molecule has 1 saturated heterocycles. The molecule has 1 aliphatic rings. The van der Waals surface area contributed by atoms with Gasteiger partial charge in [0, 0.05) is 5.02 Å². The summed E-state index contributed by atoms with van der Waals surface area (Å²) in [5, 5.41) is 3.53. The van der Waals surface area contributed by atoms with Gasteiger partial charge in [0.2, 0.25) is 0 Å². The Balaban J connectivity index is 1.87. The largest absolute Gasteiger partial charge is 0.325 e. The van der Waals surface area contributed by atoms with E-state index in [0.717, 1.165) is 36.8 Å². The second-order valence-corrected chi connectivity index (χ2v) is 7.55. The molecule has 3 rings (SSSR count). The average molecular weight is 397 g/mol. The standard InChI is InChI=1S/C23H25ClN2O2/c1-2-3-4-5-9-15-23(19-13-10-14-20(24)16-19)21(27)26(22(28)25-23)17-18-11-7-6-8-12-18/h2,6-8,10-14,16H,1,3-5,9,15,17H2,(H,25,28). The number of rotatable bonds is 9. The second kappa shape index (κ2) is 9.07. The number of amides is 3. The number of nitrogens with zero attached hydrogens (tertiary/aromatic N) is 1. The Kier molecular flexibility index (Phi) is 6.53. The first-order chi connectivity index (χ1) is 13.6. The maximum absolute atomic E-state index is 13.5. The fourth-order valence-electron chi connectivity index (χ4n) is 3.65. The van der Waals surface area contributed by atoms with Crippen molar-refractivity contribution in [3.8, 4) is 0 Å². The minimum atomic E-state index is -1.06. The van der Waals surface area contributed by atoms with Gasteiger partial charge < -0.3 is 5.32 Å². The van der Waals surface area contributed by atoms with Crippen LogP contribution in [0.4, 0.5) is 4.79 Å². The Labute approximate surface area is 171 Å². The van der Waals surface area contributed by atoms with Crippen LogP contribution in [0.2, 0.25) is 5.02 Å². The first-order valence-electron chi connectivity index (χ1n) is 9.62. The summed E-state index contributed by atoms with van der Waals surface area (Å²) in [4.78, 5) is 27.5. The van der Waals surface area contributed by atoms with Crippen LogP contribution in [-0.2, 0) is 16.9 Å². The van der Waals surface area contributed by atoms with Crippen LogP contribution in [0, 0.1) is 0 Å². The first-order valence-corrected chi connectivity index (χ1v) is 9.99. The highest BCUT2D eigenvalue weighted by Crippen LogP contribution is 2.36. The zero-order valence-corrected chi connectivity index (χ0v) is 16.6. The molecule has 1 aliphatic heterocycles. The molecule has 4 nitrogen and oxygen atoms in total. The lowest BCUT2D eigenvalue weighted by Gasteiger charge is -2.27. The van der Waals surface area contributed by atoms with Gasteiger partial charge in [0.25, 0.3) is 5.91 Å². The maximum Gasteiger partial charge on any atom is 0.325 e.